The molecule has 0 spiro atoms. The van der Waals surface area contributed by atoms with Gasteiger partial charge in [-0.3, -0.25) is 0 Å². The van der Waals surface area contributed by atoms with Gasteiger partial charge in [-0.05, 0) is 12.5 Å². The first-order chi connectivity index (χ1) is 6.75. The number of aromatic nitrogens is 1. The largest absolute Gasteiger partial charge is 0.418 e. The lowest BCUT2D eigenvalue weighted by Gasteiger charge is -2.14. The second-order valence-electron chi connectivity index (χ2n) is 2.89. The number of nitrogen functional groups attached to an aromatic ring is 1. The van der Waals surface area contributed by atoms with Gasteiger partial charge in [0, 0.05) is 6.20 Å². The van der Waals surface area contributed by atoms with E-state index in [1.807, 2.05) is 0 Å². The van der Waals surface area contributed by atoms with Gasteiger partial charge in [0.2, 0.25) is 0 Å². The number of hydrogen-bond donors (Lipinski definition) is 1. The maximum Gasteiger partial charge on any atom is 0.418 e. The van der Waals surface area contributed by atoms with E-state index < -0.39 is 35.1 Å². The molecule has 1 aromatic heterocycles. The molecule has 0 bridgehead atoms. The molecular formula is C8H7F5N2. The minimum Gasteiger partial charge on any atom is -0.383 e. The Morgan fingerprint density at radius 1 is 1.33 bits per heavy atom. The van der Waals surface area contributed by atoms with Gasteiger partial charge in [0.05, 0.1) is 11.1 Å². The molecule has 7 heteroatoms. The molecule has 0 saturated heterocycles. The second-order valence-corrected chi connectivity index (χ2v) is 2.89. The summed E-state index contributed by atoms with van der Waals surface area (Å²) in [6, 6.07) is 0. The zero-order valence-corrected chi connectivity index (χ0v) is 7.57. The van der Waals surface area contributed by atoms with Gasteiger partial charge < -0.3 is 5.73 Å². The Bertz CT molecular complexity index is 372. The van der Waals surface area contributed by atoms with E-state index in [1.54, 1.807) is 0 Å². The van der Waals surface area contributed by atoms with Crippen LogP contribution in [0.5, 0.6) is 0 Å². The molecule has 1 aromatic rings. The van der Waals surface area contributed by atoms with Crippen LogP contribution in [0.25, 0.3) is 0 Å². The number of nitrogens with zero attached hydrogens (tertiary/aromatic N) is 1. The average molecular weight is 226 g/mol. The molecule has 15 heavy (non-hydrogen) atoms. The van der Waals surface area contributed by atoms with Gasteiger partial charge in [0.15, 0.2) is 0 Å². The lowest BCUT2D eigenvalue weighted by molar-refractivity contribution is -0.138. The highest BCUT2D eigenvalue weighted by atomic mass is 19.4. The van der Waals surface area contributed by atoms with Gasteiger partial charge in [0.25, 0.3) is 6.43 Å². The summed E-state index contributed by atoms with van der Waals surface area (Å²) >= 11 is 0. The Morgan fingerprint density at radius 2 is 1.87 bits per heavy atom. The van der Waals surface area contributed by atoms with Crippen LogP contribution in [0.2, 0.25) is 0 Å². The smallest absolute Gasteiger partial charge is 0.383 e. The normalized spacial score (nSPS) is 12.2. The summed E-state index contributed by atoms with van der Waals surface area (Å²) in [7, 11) is 0. The summed E-state index contributed by atoms with van der Waals surface area (Å²) in [4.78, 5) is 3.11. The van der Waals surface area contributed by atoms with E-state index >= 15 is 0 Å². The van der Waals surface area contributed by atoms with Gasteiger partial charge >= 0.3 is 6.18 Å². The molecule has 0 unspecified atom stereocenters. The van der Waals surface area contributed by atoms with Crippen LogP contribution in [0.4, 0.5) is 27.8 Å². The standard InChI is InChI=1S/C8H7F5N2/c1-3-4(8(11,12)13)2-15-7(14)5(3)6(9)10/h2,6H,1H3,(H2,14,15). The number of alkyl halides is 5. The van der Waals surface area contributed by atoms with Crippen molar-refractivity contribution in [1.82, 2.24) is 4.98 Å². The van der Waals surface area contributed by atoms with Gasteiger partial charge in [-0.1, -0.05) is 0 Å². The first kappa shape index (κ1) is 11.7. The van der Waals surface area contributed by atoms with Crippen LogP contribution in [0.3, 0.4) is 0 Å². The molecule has 0 amide bonds. The number of halogens is 5. The third kappa shape index (κ3) is 2.16. The quantitative estimate of drug-likeness (QED) is 0.747. The first-order valence-electron chi connectivity index (χ1n) is 3.85. The molecule has 1 rings (SSSR count). The fraction of sp³-hybridized carbons (Fsp3) is 0.375. The van der Waals surface area contributed by atoms with Crippen LogP contribution < -0.4 is 5.73 Å². The van der Waals surface area contributed by atoms with E-state index in [1.165, 1.54) is 0 Å². The van der Waals surface area contributed by atoms with Crippen molar-refractivity contribution in [3.63, 3.8) is 0 Å². The Balaban J connectivity index is 3.42. The molecule has 0 aromatic carbocycles. The van der Waals surface area contributed by atoms with Crippen molar-refractivity contribution < 1.29 is 22.0 Å². The van der Waals surface area contributed by atoms with Crippen LogP contribution in [-0.2, 0) is 6.18 Å². The summed E-state index contributed by atoms with van der Waals surface area (Å²) < 4.78 is 61.6. The molecular weight excluding hydrogens is 219 g/mol. The Morgan fingerprint density at radius 3 is 2.27 bits per heavy atom. The summed E-state index contributed by atoms with van der Waals surface area (Å²) in [5.74, 6) is -0.574. The molecule has 0 radical (unpaired) electrons. The van der Waals surface area contributed by atoms with E-state index in [0.29, 0.717) is 6.20 Å². The van der Waals surface area contributed by atoms with Crippen LogP contribution >= 0.6 is 0 Å². The molecule has 2 N–H and O–H groups in total. The number of hydrogen-bond acceptors (Lipinski definition) is 2. The molecule has 0 aliphatic rings. The van der Waals surface area contributed by atoms with E-state index in [4.69, 9.17) is 5.73 Å². The summed E-state index contributed by atoms with van der Waals surface area (Å²) in [5.41, 5.74) is 2.45. The van der Waals surface area contributed by atoms with Gasteiger partial charge in [0.1, 0.15) is 5.82 Å². The lowest BCUT2D eigenvalue weighted by atomic mass is 10.1. The van der Waals surface area contributed by atoms with E-state index in [9.17, 15) is 22.0 Å². The maximum absolute atomic E-state index is 12.4. The van der Waals surface area contributed by atoms with Crippen molar-refractivity contribution in [3.8, 4) is 0 Å². The van der Waals surface area contributed by atoms with Gasteiger partial charge in [-0.2, -0.15) is 13.2 Å². The molecule has 0 saturated carbocycles. The lowest BCUT2D eigenvalue weighted by Crippen LogP contribution is -2.12. The molecule has 84 valence electrons. The maximum atomic E-state index is 12.4. The van der Waals surface area contributed by atoms with E-state index in [0.717, 1.165) is 6.92 Å². The summed E-state index contributed by atoms with van der Waals surface area (Å²) in [5, 5.41) is 0. The highest BCUT2D eigenvalue weighted by Gasteiger charge is 2.35. The molecule has 0 atom stereocenters. The van der Waals surface area contributed by atoms with Crippen LogP contribution in [0.1, 0.15) is 23.1 Å². The molecule has 0 aliphatic carbocycles. The predicted molar refractivity (Wildman–Crippen MR) is 43.3 cm³/mol. The number of nitrogens with two attached hydrogens (primary N) is 1. The molecule has 0 fully saturated rings. The third-order valence-corrected chi connectivity index (χ3v) is 1.94. The van der Waals surface area contributed by atoms with E-state index in [2.05, 4.69) is 4.98 Å². The van der Waals surface area contributed by atoms with Crippen molar-refractivity contribution >= 4 is 5.82 Å². The van der Waals surface area contributed by atoms with Gasteiger partial charge in [-0.25, -0.2) is 13.8 Å². The van der Waals surface area contributed by atoms with Crippen LogP contribution in [-0.4, -0.2) is 4.98 Å². The fourth-order valence-electron chi connectivity index (χ4n) is 1.20. The summed E-state index contributed by atoms with van der Waals surface area (Å²) in [6.45, 7) is 0.947. The van der Waals surface area contributed by atoms with Crippen molar-refractivity contribution in [2.45, 2.75) is 19.5 Å². The van der Waals surface area contributed by atoms with Crippen molar-refractivity contribution in [3.05, 3.63) is 22.9 Å². The highest BCUT2D eigenvalue weighted by molar-refractivity contribution is 5.48. The molecule has 2 nitrogen and oxygen atoms in total. The fourth-order valence-corrected chi connectivity index (χ4v) is 1.20. The second kappa shape index (κ2) is 3.63. The number of anilines is 1. The van der Waals surface area contributed by atoms with E-state index in [-0.39, 0.29) is 0 Å². The third-order valence-electron chi connectivity index (χ3n) is 1.94. The van der Waals surface area contributed by atoms with Crippen molar-refractivity contribution in [2.75, 3.05) is 5.73 Å². The molecule has 0 aliphatic heterocycles. The first-order valence-corrected chi connectivity index (χ1v) is 3.85. The highest BCUT2D eigenvalue weighted by Crippen LogP contribution is 2.36. The number of pyridine rings is 1. The Hall–Kier alpha value is -1.40. The zero-order valence-electron chi connectivity index (χ0n) is 7.57. The SMILES string of the molecule is Cc1c(C(F)(F)F)cnc(N)c1C(F)F. The van der Waals surface area contributed by atoms with Crippen molar-refractivity contribution in [1.29, 1.82) is 0 Å². The minimum absolute atomic E-state index is 0.455. The molecule has 1 heterocycles. The predicted octanol–water partition coefficient (Wildman–Crippen LogP) is 2.93. The zero-order chi connectivity index (χ0) is 11.8. The monoisotopic (exact) mass is 226 g/mol. The number of rotatable bonds is 1. The Kier molecular flexibility index (Phi) is 2.83. The topological polar surface area (TPSA) is 38.9 Å². The minimum atomic E-state index is -4.70. The average Bonchev–Trinajstić information content (AvgIpc) is 2.00. The van der Waals surface area contributed by atoms with Crippen LogP contribution in [0.15, 0.2) is 6.20 Å². The summed E-state index contributed by atoms with van der Waals surface area (Å²) in [6.07, 6.45) is -7.31. The van der Waals surface area contributed by atoms with Crippen LogP contribution in [0, 0.1) is 6.92 Å². The van der Waals surface area contributed by atoms with Crippen molar-refractivity contribution in [2.24, 2.45) is 0 Å². The van der Waals surface area contributed by atoms with Gasteiger partial charge in [-0.15, -0.1) is 0 Å². The Labute approximate surface area is 81.9 Å².